The highest BCUT2D eigenvalue weighted by Gasteiger charge is 2.31. The maximum absolute atomic E-state index is 7.26. The van der Waals surface area contributed by atoms with E-state index in [-0.39, 0.29) is 5.96 Å². The van der Waals surface area contributed by atoms with Crippen molar-refractivity contribution in [2.75, 3.05) is 26.2 Å². The van der Waals surface area contributed by atoms with Gasteiger partial charge in [-0.15, -0.1) is 0 Å². The number of hydrogen-bond donors (Lipinski definition) is 2. The molecule has 1 saturated carbocycles. The minimum Gasteiger partial charge on any atom is -0.370 e. The van der Waals surface area contributed by atoms with Crippen molar-refractivity contribution < 1.29 is 0 Å². The SMILES string of the molecule is N=C(N)N1CCN(C2CC2)CC1. The van der Waals surface area contributed by atoms with Crippen LogP contribution in [0, 0.1) is 5.41 Å². The van der Waals surface area contributed by atoms with E-state index in [1.807, 2.05) is 4.90 Å². The zero-order chi connectivity index (χ0) is 8.55. The van der Waals surface area contributed by atoms with Crippen LogP contribution in [0.2, 0.25) is 0 Å². The molecule has 2 rings (SSSR count). The van der Waals surface area contributed by atoms with Gasteiger partial charge >= 0.3 is 0 Å². The molecular formula is C8H16N4. The van der Waals surface area contributed by atoms with Gasteiger partial charge in [-0.1, -0.05) is 0 Å². The van der Waals surface area contributed by atoms with Crippen LogP contribution in [0.5, 0.6) is 0 Å². The standard InChI is InChI=1S/C8H16N4/c9-8(10)12-5-3-11(4-6-12)7-1-2-7/h7H,1-6H2,(H3,9,10). The summed E-state index contributed by atoms with van der Waals surface area (Å²) in [6, 6.07) is 0.860. The molecule has 68 valence electrons. The van der Waals surface area contributed by atoms with Gasteiger partial charge in [-0.05, 0) is 12.8 Å². The molecule has 12 heavy (non-hydrogen) atoms. The second kappa shape index (κ2) is 2.94. The molecule has 0 aromatic rings. The van der Waals surface area contributed by atoms with Crippen molar-refractivity contribution in [3.05, 3.63) is 0 Å². The predicted molar refractivity (Wildman–Crippen MR) is 48.1 cm³/mol. The fourth-order valence-electron chi connectivity index (χ4n) is 1.77. The molecule has 2 fully saturated rings. The molecule has 0 amide bonds. The van der Waals surface area contributed by atoms with E-state index in [1.54, 1.807) is 0 Å². The fourth-order valence-corrected chi connectivity index (χ4v) is 1.77. The molecule has 2 aliphatic rings. The predicted octanol–water partition coefficient (Wildman–Crippen LogP) is -0.340. The molecule has 3 N–H and O–H groups in total. The average molecular weight is 168 g/mol. The fraction of sp³-hybridized carbons (Fsp3) is 0.875. The molecule has 1 saturated heterocycles. The number of rotatable bonds is 1. The summed E-state index contributed by atoms with van der Waals surface area (Å²) in [5, 5.41) is 7.26. The lowest BCUT2D eigenvalue weighted by molar-refractivity contribution is 0.173. The Morgan fingerprint density at radius 1 is 1.17 bits per heavy atom. The Balaban J connectivity index is 1.80. The number of piperazine rings is 1. The summed E-state index contributed by atoms with van der Waals surface area (Å²) in [5.41, 5.74) is 5.40. The Hall–Kier alpha value is -0.770. The minimum atomic E-state index is 0.227. The van der Waals surface area contributed by atoms with Gasteiger partial charge in [0.25, 0.3) is 0 Å². The molecular weight excluding hydrogens is 152 g/mol. The zero-order valence-corrected chi connectivity index (χ0v) is 7.29. The smallest absolute Gasteiger partial charge is 0.188 e. The molecule has 1 heterocycles. The Morgan fingerprint density at radius 3 is 2.17 bits per heavy atom. The molecule has 4 heteroatoms. The van der Waals surface area contributed by atoms with E-state index in [0.29, 0.717) is 0 Å². The molecule has 0 radical (unpaired) electrons. The van der Waals surface area contributed by atoms with E-state index in [0.717, 1.165) is 32.2 Å². The first-order valence-corrected chi connectivity index (χ1v) is 4.60. The average Bonchev–Trinajstić information content (AvgIpc) is 2.87. The van der Waals surface area contributed by atoms with Crippen molar-refractivity contribution >= 4 is 5.96 Å². The number of nitrogens with zero attached hydrogens (tertiary/aromatic N) is 2. The van der Waals surface area contributed by atoms with Crippen molar-refractivity contribution in [2.24, 2.45) is 5.73 Å². The summed E-state index contributed by atoms with van der Waals surface area (Å²) in [6.07, 6.45) is 2.75. The Bertz CT molecular complexity index is 179. The number of nitrogens with one attached hydrogen (secondary N) is 1. The topological polar surface area (TPSA) is 56.4 Å². The highest BCUT2D eigenvalue weighted by Crippen LogP contribution is 2.27. The second-order valence-corrected chi connectivity index (χ2v) is 3.64. The Morgan fingerprint density at radius 2 is 1.75 bits per heavy atom. The number of nitrogens with two attached hydrogens (primary N) is 1. The van der Waals surface area contributed by atoms with Gasteiger partial charge in [0.1, 0.15) is 0 Å². The molecule has 1 aliphatic carbocycles. The summed E-state index contributed by atoms with van der Waals surface area (Å²) in [7, 11) is 0. The first kappa shape index (κ1) is 7.86. The van der Waals surface area contributed by atoms with Crippen molar-refractivity contribution in [3.63, 3.8) is 0 Å². The summed E-state index contributed by atoms with van der Waals surface area (Å²) >= 11 is 0. The van der Waals surface area contributed by atoms with E-state index in [9.17, 15) is 0 Å². The number of hydrogen-bond acceptors (Lipinski definition) is 2. The lowest BCUT2D eigenvalue weighted by Gasteiger charge is -2.34. The van der Waals surface area contributed by atoms with Crippen LogP contribution in [0.3, 0.4) is 0 Å². The zero-order valence-electron chi connectivity index (χ0n) is 7.29. The van der Waals surface area contributed by atoms with Crippen LogP contribution < -0.4 is 5.73 Å². The van der Waals surface area contributed by atoms with Gasteiger partial charge in [-0.3, -0.25) is 10.3 Å². The van der Waals surface area contributed by atoms with Crippen molar-refractivity contribution in [1.82, 2.24) is 9.80 Å². The highest BCUT2D eigenvalue weighted by atomic mass is 15.3. The van der Waals surface area contributed by atoms with Crippen LogP contribution in [-0.4, -0.2) is 48.0 Å². The van der Waals surface area contributed by atoms with E-state index in [4.69, 9.17) is 11.1 Å². The minimum absolute atomic E-state index is 0.227. The second-order valence-electron chi connectivity index (χ2n) is 3.64. The third-order valence-corrected chi connectivity index (χ3v) is 2.72. The maximum atomic E-state index is 7.26. The van der Waals surface area contributed by atoms with Crippen LogP contribution in [0.25, 0.3) is 0 Å². The van der Waals surface area contributed by atoms with Crippen LogP contribution >= 0.6 is 0 Å². The van der Waals surface area contributed by atoms with Gasteiger partial charge in [0.05, 0.1) is 0 Å². The first-order chi connectivity index (χ1) is 5.77. The van der Waals surface area contributed by atoms with Crippen molar-refractivity contribution in [3.8, 4) is 0 Å². The van der Waals surface area contributed by atoms with Gasteiger partial charge in [0.15, 0.2) is 5.96 Å². The molecule has 0 unspecified atom stereocenters. The van der Waals surface area contributed by atoms with Gasteiger partial charge in [-0.25, -0.2) is 0 Å². The van der Waals surface area contributed by atoms with E-state index < -0.39 is 0 Å². The largest absolute Gasteiger partial charge is 0.370 e. The van der Waals surface area contributed by atoms with Crippen molar-refractivity contribution in [1.29, 1.82) is 5.41 Å². The van der Waals surface area contributed by atoms with Gasteiger partial charge < -0.3 is 10.6 Å². The van der Waals surface area contributed by atoms with Crippen LogP contribution in [0.1, 0.15) is 12.8 Å². The third-order valence-electron chi connectivity index (χ3n) is 2.72. The molecule has 4 nitrogen and oxygen atoms in total. The normalized spacial score (nSPS) is 25.8. The van der Waals surface area contributed by atoms with Gasteiger partial charge in [0.2, 0.25) is 0 Å². The maximum Gasteiger partial charge on any atom is 0.188 e. The molecule has 0 atom stereocenters. The molecule has 0 bridgehead atoms. The summed E-state index contributed by atoms with van der Waals surface area (Å²) in [6.45, 7) is 4.05. The Labute approximate surface area is 72.8 Å². The van der Waals surface area contributed by atoms with Crippen LogP contribution in [0.4, 0.5) is 0 Å². The highest BCUT2D eigenvalue weighted by molar-refractivity contribution is 5.74. The third kappa shape index (κ3) is 1.53. The lowest BCUT2D eigenvalue weighted by Crippen LogP contribution is -2.51. The number of guanidine groups is 1. The van der Waals surface area contributed by atoms with E-state index in [1.165, 1.54) is 12.8 Å². The first-order valence-electron chi connectivity index (χ1n) is 4.60. The summed E-state index contributed by atoms with van der Waals surface area (Å²) in [5.74, 6) is 0.227. The van der Waals surface area contributed by atoms with Crippen molar-refractivity contribution in [2.45, 2.75) is 18.9 Å². The quantitative estimate of drug-likeness (QED) is 0.416. The monoisotopic (exact) mass is 168 g/mol. The van der Waals surface area contributed by atoms with E-state index in [2.05, 4.69) is 4.90 Å². The Kier molecular flexibility index (Phi) is 1.92. The van der Waals surface area contributed by atoms with Gasteiger partial charge in [-0.2, -0.15) is 0 Å². The lowest BCUT2D eigenvalue weighted by atomic mass is 10.3. The summed E-state index contributed by atoms with van der Waals surface area (Å²) < 4.78 is 0. The van der Waals surface area contributed by atoms with Crippen LogP contribution in [-0.2, 0) is 0 Å². The molecule has 1 aliphatic heterocycles. The molecule has 0 spiro atoms. The summed E-state index contributed by atoms with van der Waals surface area (Å²) in [4.78, 5) is 4.46. The molecule has 0 aromatic carbocycles. The van der Waals surface area contributed by atoms with Crippen LogP contribution in [0.15, 0.2) is 0 Å². The molecule has 0 aromatic heterocycles. The van der Waals surface area contributed by atoms with Gasteiger partial charge in [0, 0.05) is 32.2 Å². The van der Waals surface area contributed by atoms with E-state index >= 15 is 0 Å².